The lowest BCUT2D eigenvalue weighted by Crippen LogP contribution is -2.40. The average molecular weight is 514 g/mol. The van der Waals surface area contributed by atoms with Gasteiger partial charge in [0.05, 0.1) is 17.2 Å². The molecule has 0 spiro atoms. The minimum atomic E-state index is -0.370. The maximum Gasteiger partial charge on any atom is 0.331 e. The van der Waals surface area contributed by atoms with Crippen molar-refractivity contribution in [2.24, 2.45) is 7.05 Å². The largest absolute Gasteiger partial charge is 0.341 e. The molecule has 194 valence electrons. The molecule has 3 aromatic heterocycles. The van der Waals surface area contributed by atoms with E-state index in [1.807, 2.05) is 54.3 Å². The third-order valence-electron chi connectivity index (χ3n) is 7.23. The van der Waals surface area contributed by atoms with Gasteiger partial charge in [0.25, 0.3) is 5.56 Å². The van der Waals surface area contributed by atoms with Crippen molar-refractivity contribution in [3.63, 3.8) is 0 Å². The summed E-state index contributed by atoms with van der Waals surface area (Å²) < 4.78 is 20.3. The van der Waals surface area contributed by atoms with E-state index in [0.29, 0.717) is 29.0 Å². The molecule has 0 bridgehead atoms. The van der Waals surface area contributed by atoms with Gasteiger partial charge in [-0.1, -0.05) is 12.1 Å². The monoisotopic (exact) mass is 513 g/mol. The number of benzene rings is 2. The molecule has 0 amide bonds. The van der Waals surface area contributed by atoms with Gasteiger partial charge in [-0.25, -0.2) is 13.9 Å². The highest BCUT2D eigenvalue weighted by Crippen LogP contribution is 2.30. The van der Waals surface area contributed by atoms with Gasteiger partial charge in [-0.3, -0.25) is 13.9 Å². The van der Waals surface area contributed by atoms with Gasteiger partial charge in [0.2, 0.25) is 0 Å². The molecule has 0 radical (unpaired) electrons. The number of anilines is 2. The van der Waals surface area contributed by atoms with Crippen LogP contribution in [0, 0.1) is 5.82 Å². The van der Waals surface area contributed by atoms with E-state index in [0.717, 1.165) is 30.8 Å². The zero-order chi connectivity index (χ0) is 26.4. The van der Waals surface area contributed by atoms with Crippen molar-refractivity contribution in [1.82, 2.24) is 28.4 Å². The summed E-state index contributed by atoms with van der Waals surface area (Å²) in [6.07, 6.45) is 6.32. The molecule has 5 aromatic rings. The molecule has 1 fully saturated rings. The Bertz CT molecular complexity index is 1720. The normalized spacial score (nSPS) is 15.9. The van der Waals surface area contributed by atoms with Crippen LogP contribution in [0.1, 0.15) is 18.0 Å². The van der Waals surface area contributed by atoms with Crippen LogP contribution in [0.3, 0.4) is 0 Å². The quantitative estimate of drug-likeness (QED) is 0.376. The molecule has 0 aliphatic carbocycles. The van der Waals surface area contributed by atoms with E-state index in [2.05, 4.69) is 15.3 Å². The molecular formula is C28H28FN7O2. The molecule has 6 rings (SSSR count). The Kier molecular flexibility index (Phi) is 5.96. The van der Waals surface area contributed by atoms with Crippen molar-refractivity contribution in [1.29, 1.82) is 0 Å². The maximum absolute atomic E-state index is 13.6. The number of likely N-dealkylation sites (tertiary alicyclic amines) is 1. The molecule has 1 N–H and O–H groups in total. The first kappa shape index (κ1) is 23.9. The van der Waals surface area contributed by atoms with Crippen molar-refractivity contribution in [3.8, 4) is 5.69 Å². The second kappa shape index (κ2) is 9.46. The van der Waals surface area contributed by atoms with Crippen molar-refractivity contribution in [2.45, 2.75) is 19.0 Å². The number of rotatable bonds is 6. The van der Waals surface area contributed by atoms with Gasteiger partial charge in [0, 0.05) is 44.4 Å². The Balaban J connectivity index is 1.50. The second-order valence-corrected chi connectivity index (χ2v) is 9.84. The maximum atomic E-state index is 13.6. The standard InChI is InChI=1S/C28H28FN7O2/c1-32-15-12-23(17-32)36-24-18-34(16-19-4-10-22(11-5-19)35-14-3-13-30-35)26(25(24)27(37)33(2)28(36)38)31-21-8-6-20(29)7-9-21/h3-11,13-14,18,23,31H,12,15-17H2,1-2H3. The van der Waals surface area contributed by atoms with Crippen LogP contribution in [0.4, 0.5) is 15.9 Å². The zero-order valence-electron chi connectivity index (χ0n) is 21.2. The SMILES string of the molecule is CN1CCC(n2c(=O)n(C)c(=O)c3c(Nc4ccc(F)cc4)n(Cc4ccc(-n5cccn5)cc4)cc32)C1. The summed E-state index contributed by atoms with van der Waals surface area (Å²) in [5.74, 6) is 0.214. The van der Waals surface area contributed by atoms with Gasteiger partial charge in [0.1, 0.15) is 17.0 Å². The highest BCUT2D eigenvalue weighted by Gasteiger charge is 2.27. The molecule has 38 heavy (non-hydrogen) atoms. The fraction of sp³-hybridized carbons (Fsp3) is 0.250. The number of halogens is 1. The van der Waals surface area contributed by atoms with Gasteiger partial charge >= 0.3 is 5.69 Å². The summed E-state index contributed by atoms with van der Waals surface area (Å²) in [4.78, 5) is 29.0. The molecule has 4 heterocycles. The number of aromatic nitrogens is 5. The summed E-state index contributed by atoms with van der Waals surface area (Å²) in [6.45, 7) is 2.07. The third kappa shape index (κ3) is 4.22. The van der Waals surface area contributed by atoms with E-state index in [-0.39, 0.29) is 23.1 Å². The molecule has 9 nitrogen and oxygen atoms in total. The predicted octanol–water partition coefficient (Wildman–Crippen LogP) is 3.50. The highest BCUT2D eigenvalue weighted by molar-refractivity contribution is 5.92. The van der Waals surface area contributed by atoms with Crippen molar-refractivity contribution >= 4 is 22.4 Å². The van der Waals surface area contributed by atoms with Gasteiger partial charge in [0.15, 0.2) is 0 Å². The molecule has 10 heteroatoms. The van der Waals surface area contributed by atoms with E-state index in [9.17, 15) is 14.0 Å². The van der Waals surface area contributed by atoms with E-state index in [1.54, 1.807) is 27.6 Å². The molecule has 1 unspecified atom stereocenters. The zero-order valence-corrected chi connectivity index (χ0v) is 21.2. The van der Waals surface area contributed by atoms with Gasteiger partial charge in [-0.05, 0) is 68.0 Å². The minimum Gasteiger partial charge on any atom is -0.341 e. The number of hydrogen-bond donors (Lipinski definition) is 1. The minimum absolute atomic E-state index is 0.0373. The van der Waals surface area contributed by atoms with Crippen molar-refractivity contribution < 1.29 is 4.39 Å². The number of nitrogens with one attached hydrogen (secondary N) is 1. The third-order valence-corrected chi connectivity index (χ3v) is 7.23. The lowest BCUT2D eigenvalue weighted by atomic mass is 10.2. The Morgan fingerprint density at radius 3 is 2.47 bits per heavy atom. The van der Waals surface area contributed by atoms with Crippen LogP contribution >= 0.6 is 0 Å². The number of likely N-dealkylation sites (N-methyl/N-ethyl adjacent to an activating group) is 1. The first-order valence-corrected chi connectivity index (χ1v) is 12.5. The molecule has 1 aliphatic heterocycles. The van der Waals surface area contributed by atoms with E-state index < -0.39 is 0 Å². The Morgan fingerprint density at radius 2 is 1.82 bits per heavy atom. The Labute approximate surface area is 218 Å². The Morgan fingerprint density at radius 1 is 1.05 bits per heavy atom. The molecule has 0 saturated carbocycles. The molecule has 1 aliphatic rings. The summed E-state index contributed by atoms with van der Waals surface area (Å²) in [5, 5.41) is 8.04. The topological polar surface area (TPSA) is 82.0 Å². The van der Waals surface area contributed by atoms with Gasteiger partial charge in [-0.2, -0.15) is 5.10 Å². The lowest BCUT2D eigenvalue weighted by Gasteiger charge is -2.17. The van der Waals surface area contributed by atoms with E-state index >= 15 is 0 Å². The highest BCUT2D eigenvalue weighted by atomic mass is 19.1. The van der Waals surface area contributed by atoms with Crippen molar-refractivity contribution in [3.05, 3.63) is 105 Å². The number of nitrogens with zero attached hydrogens (tertiary/aromatic N) is 6. The summed E-state index contributed by atoms with van der Waals surface area (Å²) >= 11 is 0. The molecule has 1 atom stereocenters. The van der Waals surface area contributed by atoms with Crippen LogP contribution in [-0.2, 0) is 13.6 Å². The summed E-state index contributed by atoms with van der Waals surface area (Å²) in [5.41, 5.74) is 2.49. The lowest BCUT2D eigenvalue weighted by molar-refractivity contribution is 0.389. The van der Waals surface area contributed by atoms with Gasteiger partial charge < -0.3 is 14.8 Å². The Hall–Kier alpha value is -4.44. The van der Waals surface area contributed by atoms with Gasteiger partial charge in [-0.15, -0.1) is 0 Å². The van der Waals surface area contributed by atoms with Crippen LogP contribution in [0.15, 0.2) is 82.8 Å². The van der Waals surface area contributed by atoms with Crippen LogP contribution in [-0.4, -0.2) is 48.5 Å². The predicted molar refractivity (Wildman–Crippen MR) is 145 cm³/mol. The molecule has 1 saturated heterocycles. The average Bonchev–Trinajstić information content (AvgIpc) is 3.67. The smallest absolute Gasteiger partial charge is 0.331 e. The number of hydrogen-bond acceptors (Lipinski definition) is 5. The first-order valence-electron chi connectivity index (χ1n) is 12.5. The van der Waals surface area contributed by atoms with Crippen LogP contribution in [0.2, 0.25) is 0 Å². The second-order valence-electron chi connectivity index (χ2n) is 9.84. The van der Waals surface area contributed by atoms with Crippen LogP contribution < -0.4 is 16.6 Å². The van der Waals surface area contributed by atoms with Crippen LogP contribution in [0.25, 0.3) is 16.6 Å². The van der Waals surface area contributed by atoms with E-state index in [1.165, 1.54) is 23.7 Å². The van der Waals surface area contributed by atoms with Crippen LogP contribution in [0.5, 0.6) is 0 Å². The molecule has 2 aromatic carbocycles. The molecular weight excluding hydrogens is 485 g/mol. The summed E-state index contributed by atoms with van der Waals surface area (Å²) in [7, 11) is 3.55. The summed E-state index contributed by atoms with van der Waals surface area (Å²) in [6, 6.07) is 15.8. The van der Waals surface area contributed by atoms with E-state index in [4.69, 9.17) is 0 Å². The number of fused-ring (bicyclic) bond motifs is 1. The first-order chi connectivity index (χ1) is 18.4. The fourth-order valence-corrected chi connectivity index (χ4v) is 5.23. The van der Waals surface area contributed by atoms with Crippen molar-refractivity contribution in [2.75, 3.05) is 25.5 Å². The fourth-order valence-electron chi connectivity index (χ4n) is 5.23.